The van der Waals surface area contributed by atoms with Gasteiger partial charge in [0.1, 0.15) is 17.2 Å². The van der Waals surface area contributed by atoms with E-state index in [1.807, 2.05) is 11.5 Å². The Balaban J connectivity index is 1.85. The maximum absolute atomic E-state index is 14.0. The number of aromatic nitrogens is 4. The van der Waals surface area contributed by atoms with E-state index in [0.29, 0.717) is 28.8 Å². The molecule has 126 valence electrons. The molecule has 0 fully saturated rings. The average Bonchev–Trinajstić information content (AvgIpc) is 2.96. The van der Waals surface area contributed by atoms with Crippen molar-refractivity contribution in [2.45, 2.75) is 20.0 Å². The van der Waals surface area contributed by atoms with E-state index in [-0.39, 0.29) is 17.6 Å². The van der Waals surface area contributed by atoms with Gasteiger partial charge in [-0.1, -0.05) is 6.07 Å². The van der Waals surface area contributed by atoms with Gasteiger partial charge in [0.15, 0.2) is 5.82 Å². The Hall–Kier alpha value is -3.09. The first kappa shape index (κ1) is 15.4. The molecule has 4 aromatic rings. The second-order valence-corrected chi connectivity index (χ2v) is 5.72. The van der Waals surface area contributed by atoms with Gasteiger partial charge in [0.2, 0.25) is 0 Å². The van der Waals surface area contributed by atoms with Crippen molar-refractivity contribution in [3.8, 4) is 0 Å². The van der Waals surface area contributed by atoms with Gasteiger partial charge in [-0.15, -0.1) is 0 Å². The maximum Gasteiger partial charge on any atom is 0.261 e. The molecule has 5 nitrogen and oxygen atoms in total. The lowest BCUT2D eigenvalue weighted by molar-refractivity contribution is 0.627. The van der Waals surface area contributed by atoms with E-state index in [1.54, 1.807) is 12.1 Å². The van der Waals surface area contributed by atoms with E-state index in [9.17, 15) is 13.6 Å². The summed E-state index contributed by atoms with van der Waals surface area (Å²) in [6.07, 6.45) is 1.36. The maximum atomic E-state index is 14.0. The molecular formula is C18H14F2N4O. The van der Waals surface area contributed by atoms with Gasteiger partial charge in [-0.2, -0.15) is 0 Å². The van der Waals surface area contributed by atoms with Crippen molar-refractivity contribution < 1.29 is 8.78 Å². The molecular weight excluding hydrogens is 326 g/mol. The first-order chi connectivity index (χ1) is 12.1. The van der Waals surface area contributed by atoms with Crippen molar-refractivity contribution in [3.05, 3.63) is 70.5 Å². The SMILES string of the molecule is CCn1c(Cn2cnc3cc(F)ccc3c2=O)nc2c(F)cccc21. The number of hydrogen-bond donors (Lipinski definition) is 0. The number of para-hydroxylation sites is 1. The molecule has 0 saturated heterocycles. The standard InChI is InChI=1S/C18H14F2N4O/c1-2-24-15-5-3-4-13(20)17(15)22-16(24)9-23-10-21-14-8-11(19)6-7-12(14)18(23)25/h3-8,10H,2,9H2,1H3. The largest absolute Gasteiger partial charge is 0.327 e. The first-order valence-corrected chi connectivity index (χ1v) is 7.87. The summed E-state index contributed by atoms with van der Waals surface area (Å²) in [4.78, 5) is 21.1. The molecule has 0 saturated carbocycles. The second-order valence-electron chi connectivity index (χ2n) is 5.72. The molecule has 0 aliphatic carbocycles. The van der Waals surface area contributed by atoms with E-state index in [4.69, 9.17) is 0 Å². The minimum absolute atomic E-state index is 0.154. The molecule has 0 N–H and O–H groups in total. The third-order valence-corrected chi connectivity index (χ3v) is 4.22. The van der Waals surface area contributed by atoms with Crippen LogP contribution in [0.25, 0.3) is 21.9 Å². The van der Waals surface area contributed by atoms with Crippen molar-refractivity contribution in [1.29, 1.82) is 0 Å². The highest BCUT2D eigenvalue weighted by Crippen LogP contribution is 2.19. The molecule has 2 heterocycles. The van der Waals surface area contributed by atoms with Crippen molar-refractivity contribution in [1.82, 2.24) is 19.1 Å². The number of hydrogen-bond acceptors (Lipinski definition) is 3. The molecule has 0 aliphatic heterocycles. The van der Waals surface area contributed by atoms with Crippen LogP contribution in [0.4, 0.5) is 8.78 Å². The summed E-state index contributed by atoms with van der Waals surface area (Å²) in [6.45, 7) is 2.68. The number of nitrogens with zero attached hydrogens (tertiary/aromatic N) is 4. The number of rotatable bonds is 3. The van der Waals surface area contributed by atoms with Crippen molar-refractivity contribution >= 4 is 21.9 Å². The fraction of sp³-hybridized carbons (Fsp3) is 0.167. The smallest absolute Gasteiger partial charge is 0.261 e. The average molecular weight is 340 g/mol. The second kappa shape index (κ2) is 5.77. The van der Waals surface area contributed by atoms with Crippen LogP contribution < -0.4 is 5.56 Å². The lowest BCUT2D eigenvalue weighted by Gasteiger charge is -2.09. The van der Waals surface area contributed by atoms with Gasteiger partial charge in [-0.25, -0.2) is 18.7 Å². The minimum Gasteiger partial charge on any atom is -0.327 e. The van der Waals surface area contributed by atoms with Gasteiger partial charge in [-0.05, 0) is 31.2 Å². The molecule has 0 atom stereocenters. The van der Waals surface area contributed by atoms with Gasteiger partial charge < -0.3 is 4.57 Å². The van der Waals surface area contributed by atoms with Crippen molar-refractivity contribution in [3.63, 3.8) is 0 Å². The van der Waals surface area contributed by atoms with Crippen LogP contribution >= 0.6 is 0 Å². The Morgan fingerprint density at radius 3 is 2.80 bits per heavy atom. The number of benzene rings is 2. The van der Waals surface area contributed by atoms with Crippen molar-refractivity contribution in [2.24, 2.45) is 0 Å². The van der Waals surface area contributed by atoms with Gasteiger partial charge in [-0.3, -0.25) is 9.36 Å². The highest BCUT2D eigenvalue weighted by Gasteiger charge is 2.14. The summed E-state index contributed by atoms with van der Waals surface area (Å²) in [7, 11) is 0. The summed E-state index contributed by atoms with van der Waals surface area (Å²) in [5, 5.41) is 0.328. The van der Waals surface area contributed by atoms with E-state index < -0.39 is 11.6 Å². The normalized spacial score (nSPS) is 11.5. The first-order valence-electron chi connectivity index (χ1n) is 7.87. The van der Waals surface area contributed by atoms with E-state index >= 15 is 0 Å². The topological polar surface area (TPSA) is 52.7 Å². The van der Waals surface area contributed by atoms with Gasteiger partial charge in [0.25, 0.3) is 5.56 Å². The van der Waals surface area contributed by atoms with Gasteiger partial charge in [0, 0.05) is 12.6 Å². The molecule has 0 unspecified atom stereocenters. The lowest BCUT2D eigenvalue weighted by atomic mass is 10.2. The van der Waals surface area contributed by atoms with Crippen LogP contribution in [0, 0.1) is 11.6 Å². The third-order valence-electron chi connectivity index (χ3n) is 4.22. The van der Waals surface area contributed by atoms with E-state index in [2.05, 4.69) is 9.97 Å². The van der Waals surface area contributed by atoms with Crippen molar-refractivity contribution in [2.75, 3.05) is 0 Å². The minimum atomic E-state index is -0.444. The summed E-state index contributed by atoms with van der Waals surface area (Å²) in [6, 6.07) is 8.65. The van der Waals surface area contributed by atoms with Crippen LogP contribution in [0.5, 0.6) is 0 Å². The van der Waals surface area contributed by atoms with Crippen LogP contribution in [-0.2, 0) is 13.1 Å². The zero-order chi connectivity index (χ0) is 17.6. The van der Waals surface area contributed by atoms with Crippen LogP contribution in [0.3, 0.4) is 0 Å². The molecule has 2 aromatic carbocycles. The number of aryl methyl sites for hydroxylation is 1. The molecule has 0 amide bonds. The summed E-state index contributed by atoms with van der Waals surface area (Å²) >= 11 is 0. The highest BCUT2D eigenvalue weighted by atomic mass is 19.1. The number of halogens is 2. The Morgan fingerprint density at radius 2 is 2.00 bits per heavy atom. The Labute approximate surface area is 141 Å². The molecule has 2 aromatic heterocycles. The lowest BCUT2D eigenvalue weighted by Crippen LogP contribution is -2.23. The summed E-state index contributed by atoms with van der Waals surface area (Å²) < 4.78 is 30.5. The number of imidazole rings is 1. The van der Waals surface area contributed by atoms with E-state index in [0.717, 1.165) is 0 Å². The number of fused-ring (bicyclic) bond motifs is 2. The van der Waals surface area contributed by atoms with E-state index in [1.165, 1.54) is 35.2 Å². The molecule has 4 rings (SSSR count). The quantitative estimate of drug-likeness (QED) is 0.576. The Bertz CT molecular complexity index is 1160. The fourth-order valence-electron chi connectivity index (χ4n) is 3.03. The monoisotopic (exact) mass is 340 g/mol. The fourth-order valence-corrected chi connectivity index (χ4v) is 3.03. The Morgan fingerprint density at radius 1 is 1.16 bits per heavy atom. The zero-order valence-corrected chi connectivity index (χ0v) is 13.4. The molecule has 0 bridgehead atoms. The van der Waals surface area contributed by atoms with Crippen LogP contribution in [-0.4, -0.2) is 19.1 Å². The highest BCUT2D eigenvalue weighted by molar-refractivity contribution is 5.78. The zero-order valence-electron chi connectivity index (χ0n) is 13.4. The predicted molar refractivity (Wildman–Crippen MR) is 90.4 cm³/mol. The molecule has 0 spiro atoms. The van der Waals surface area contributed by atoms with Crippen LogP contribution in [0.1, 0.15) is 12.7 Å². The molecule has 0 aliphatic rings. The predicted octanol–water partition coefficient (Wildman–Crippen LogP) is 3.09. The molecule has 25 heavy (non-hydrogen) atoms. The third kappa shape index (κ3) is 2.48. The summed E-state index contributed by atoms with van der Waals surface area (Å²) in [5.74, 6) is -0.279. The van der Waals surface area contributed by atoms with Crippen LogP contribution in [0.15, 0.2) is 47.5 Å². The van der Waals surface area contributed by atoms with Crippen LogP contribution in [0.2, 0.25) is 0 Å². The van der Waals surface area contributed by atoms with Gasteiger partial charge >= 0.3 is 0 Å². The van der Waals surface area contributed by atoms with Gasteiger partial charge in [0.05, 0.1) is 29.3 Å². The molecule has 0 radical (unpaired) electrons. The Kier molecular flexibility index (Phi) is 3.56. The molecule has 7 heteroatoms. The summed E-state index contributed by atoms with van der Waals surface area (Å²) in [5.41, 5.74) is 0.973.